The predicted molar refractivity (Wildman–Crippen MR) is 100 cm³/mol. The second-order valence-corrected chi connectivity index (χ2v) is 6.39. The van der Waals surface area contributed by atoms with E-state index in [1.54, 1.807) is 20.1 Å². The van der Waals surface area contributed by atoms with Gasteiger partial charge in [-0.25, -0.2) is 4.79 Å². The van der Waals surface area contributed by atoms with Gasteiger partial charge in [-0.1, -0.05) is 13.0 Å². The van der Waals surface area contributed by atoms with Crippen molar-refractivity contribution in [1.82, 2.24) is 0 Å². The van der Waals surface area contributed by atoms with Crippen LogP contribution in [0.2, 0.25) is 0 Å². The van der Waals surface area contributed by atoms with Gasteiger partial charge in [-0.3, -0.25) is 0 Å². The summed E-state index contributed by atoms with van der Waals surface area (Å²) in [5.74, 6) is 2.02. The molecule has 0 saturated heterocycles. The molecule has 4 rings (SSSR count). The van der Waals surface area contributed by atoms with Crippen molar-refractivity contribution in [3.05, 3.63) is 57.4 Å². The van der Waals surface area contributed by atoms with Crippen molar-refractivity contribution in [1.29, 1.82) is 0 Å². The van der Waals surface area contributed by atoms with Crippen LogP contribution in [0.5, 0.6) is 23.0 Å². The molecule has 3 aromatic rings. The fourth-order valence-electron chi connectivity index (χ4n) is 3.35. The van der Waals surface area contributed by atoms with E-state index in [0.717, 1.165) is 22.6 Å². The summed E-state index contributed by atoms with van der Waals surface area (Å²) in [7, 11) is 1.56. The number of hydrogen-bond donors (Lipinski definition) is 1. The third kappa shape index (κ3) is 3.07. The molecule has 0 amide bonds. The molecule has 2 aromatic carbocycles. The van der Waals surface area contributed by atoms with Crippen LogP contribution in [-0.2, 0) is 12.8 Å². The highest BCUT2D eigenvalue weighted by atomic mass is 16.6. The molecule has 0 aliphatic carbocycles. The molecule has 27 heavy (non-hydrogen) atoms. The molecule has 0 radical (unpaired) electrons. The van der Waals surface area contributed by atoms with Crippen LogP contribution in [0, 0.1) is 0 Å². The van der Waals surface area contributed by atoms with Crippen molar-refractivity contribution < 1.29 is 23.7 Å². The van der Waals surface area contributed by atoms with E-state index in [1.807, 2.05) is 24.3 Å². The number of fused-ring (bicyclic) bond motifs is 2. The monoisotopic (exact) mass is 368 g/mol. The van der Waals surface area contributed by atoms with Crippen LogP contribution in [0.25, 0.3) is 11.0 Å². The van der Waals surface area contributed by atoms with Crippen molar-refractivity contribution in [2.45, 2.75) is 19.8 Å². The third-order valence-corrected chi connectivity index (χ3v) is 4.73. The van der Waals surface area contributed by atoms with E-state index in [-0.39, 0.29) is 11.3 Å². The van der Waals surface area contributed by atoms with Gasteiger partial charge in [0, 0.05) is 12.5 Å². The van der Waals surface area contributed by atoms with E-state index in [1.165, 1.54) is 0 Å². The predicted octanol–water partition coefficient (Wildman–Crippen LogP) is 3.43. The molecular formula is C21H20O6. The quantitative estimate of drug-likeness (QED) is 0.711. The maximum Gasteiger partial charge on any atom is 0.343 e. The lowest BCUT2D eigenvalue weighted by Crippen LogP contribution is -2.15. The first kappa shape index (κ1) is 17.3. The maximum absolute atomic E-state index is 12.0. The average molecular weight is 368 g/mol. The van der Waals surface area contributed by atoms with Crippen LogP contribution in [0.15, 0.2) is 39.5 Å². The first-order chi connectivity index (χ1) is 13.1. The molecule has 6 heteroatoms. The van der Waals surface area contributed by atoms with Gasteiger partial charge in [0.1, 0.15) is 30.3 Å². The minimum atomic E-state index is -0.524. The highest BCUT2D eigenvalue weighted by Crippen LogP contribution is 2.35. The van der Waals surface area contributed by atoms with Gasteiger partial charge in [0.15, 0.2) is 11.5 Å². The Morgan fingerprint density at radius 3 is 2.63 bits per heavy atom. The van der Waals surface area contributed by atoms with Gasteiger partial charge in [0.2, 0.25) is 0 Å². The number of hydrogen-bond acceptors (Lipinski definition) is 6. The lowest BCUT2D eigenvalue weighted by atomic mass is 10.0. The van der Waals surface area contributed by atoms with Gasteiger partial charge in [0.25, 0.3) is 0 Å². The maximum atomic E-state index is 12.0. The minimum Gasteiger partial charge on any atom is -0.507 e. The van der Waals surface area contributed by atoms with Crippen LogP contribution >= 0.6 is 0 Å². The van der Waals surface area contributed by atoms with Crippen molar-refractivity contribution in [3.63, 3.8) is 0 Å². The normalized spacial score (nSPS) is 13.0. The Bertz CT molecular complexity index is 1070. The summed E-state index contributed by atoms with van der Waals surface area (Å²) in [4.78, 5) is 12.0. The Hall–Kier alpha value is -3.15. The van der Waals surface area contributed by atoms with Crippen molar-refractivity contribution >= 4 is 11.0 Å². The van der Waals surface area contributed by atoms with Gasteiger partial charge in [-0.2, -0.15) is 0 Å². The average Bonchev–Trinajstić information content (AvgIpc) is 2.68. The molecule has 0 fully saturated rings. The zero-order valence-electron chi connectivity index (χ0n) is 15.2. The van der Waals surface area contributed by atoms with Crippen molar-refractivity contribution in [2.24, 2.45) is 0 Å². The number of ether oxygens (including phenoxy) is 3. The molecule has 1 aliphatic heterocycles. The Labute approximate surface area is 155 Å². The molecule has 1 N–H and O–H groups in total. The van der Waals surface area contributed by atoms with Crippen LogP contribution in [0.1, 0.15) is 23.6 Å². The van der Waals surface area contributed by atoms with E-state index in [4.69, 9.17) is 18.6 Å². The summed E-state index contributed by atoms with van der Waals surface area (Å²) >= 11 is 0. The first-order valence-corrected chi connectivity index (χ1v) is 8.84. The zero-order valence-corrected chi connectivity index (χ0v) is 15.2. The fraction of sp³-hybridized carbons (Fsp3) is 0.286. The van der Waals surface area contributed by atoms with Gasteiger partial charge >= 0.3 is 5.63 Å². The van der Waals surface area contributed by atoms with Gasteiger partial charge in [0.05, 0.1) is 18.1 Å². The molecule has 0 bridgehead atoms. The molecule has 140 valence electrons. The van der Waals surface area contributed by atoms with E-state index in [0.29, 0.717) is 42.8 Å². The Kier molecular flexibility index (Phi) is 4.39. The lowest BCUT2D eigenvalue weighted by molar-refractivity contribution is 0.171. The van der Waals surface area contributed by atoms with Gasteiger partial charge in [-0.05, 0) is 35.7 Å². The standard InChI is InChI=1S/C21H20O6/c1-3-14-20(22)15-10-13(17(24-2)11-18(15)27-21(14)23)8-12-4-5-16-19(9-12)26-7-6-25-16/h4-5,9-11,22H,3,6-8H2,1-2H3. The molecule has 1 aliphatic rings. The summed E-state index contributed by atoms with van der Waals surface area (Å²) < 4.78 is 22.0. The van der Waals surface area contributed by atoms with Crippen molar-refractivity contribution in [2.75, 3.05) is 20.3 Å². The molecule has 0 atom stereocenters. The number of aromatic hydroxyl groups is 1. The highest BCUT2D eigenvalue weighted by molar-refractivity contribution is 5.86. The molecule has 0 spiro atoms. The Balaban J connectivity index is 1.79. The summed E-state index contributed by atoms with van der Waals surface area (Å²) in [6.45, 7) is 2.88. The second-order valence-electron chi connectivity index (χ2n) is 6.39. The number of rotatable bonds is 4. The molecule has 0 saturated carbocycles. The fourth-order valence-corrected chi connectivity index (χ4v) is 3.35. The summed E-state index contributed by atoms with van der Waals surface area (Å²) in [6.07, 6.45) is 0.962. The van der Waals surface area contributed by atoms with E-state index in [9.17, 15) is 9.90 Å². The summed E-state index contributed by atoms with van der Waals surface area (Å²) in [6, 6.07) is 9.26. The van der Waals surface area contributed by atoms with Crippen LogP contribution in [0.4, 0.5) is 0 Å². The summed E-state index contributed by atoms with van der Waals surface area (Å²) in [5.41, 5.74) is 1.94. The molecular weight excluding hydrogens is 348 g/mol. The number of methoxy groups -OCH3 is 1. The molecule has 0 unspecified atom stereocenters. The SMILES string of the molecule is CCc1c(O)c2cc(Cc3ccc4c(c3)OCCO4)c(OC)cc2oc1=O. The minimum absolute atomic E-state index is 0.0326. The highest BCUT2D eigenvalue weighted by Gasteiger charge is 2.17. The first-order valence-electron chi connectivity index (χ1n) is 8.84. The summed E-state index contributed by atoms with van der Waals surface area (Å²) in [5, 5.41) is 11.0. The van der Waals surface area contributed by atoms with Crippen LogP contribution in [0.3, 0.4) is 0 Å². The topological polar surface area (TPSA) is 78.1 Å². The largest absolute Gasteiger partial charge is 0.507 e. The Morgan fingerprint density at radius 2 is 1.89 bits per heavy atom. The third-order valence-electron chi connectivity index (χ3n) is 4.73. The van der Waals surface area contributed by atoms with E-state index < -0.39 is 5.63 Å². The zero-order chi connectivity index (χ0) is 19.0. The van der Waals surface area contributed by atoms with Crippen molar-refractivity contribution in [3.8, 4) is 23.0 Å². The Morgan fingerprint density at radius 1 is 1.11 bits per heavy atom. The molecule has 1 aromatic heterocycles. The molecule has 2 heterocycles. The van der Waals surface area contributed by atoms with Crippen LogP contribution in [-0.4, -0.2) is 25.4 Å². The molecule has 6 nitrogen and oxygen atoms in total. The smallest absolute Gasteiger partial charge is 0.343 e. The van der Waals surface area contributed by atoms with E-state index in [2.05, 4.69) is 0 Å². The van der Waals surface area contributed by atoms with Gasteiger partial charge < -0.3 is 23.7 Å². The number of benzene rings is 2. The van der Waals surface area contributed by atoms with Crippen LogP contribution < -0.4 is 19.8 Å². The van der Waals surface area contributed by atoms with E-state index >= 15 is 0 Å². The van der Waals surface area contributed by atoms with Gasteiger partial charge in [-0.15, -0.1) is 0 Å². The lowest BCUT2D eigenvalue weighted by Gasteiger charge is -2.19. The second kappa shape index (κ2) is 6.87.